The molecule has 2 atom stereocenters. The second-order valence-corrected chi connectivity index (χ2v) is 5.05. The highest BCUT2D eigenvalue weighted by molar-refractivity contribution is 5.34. The van der Waals surface area contributed by atoms with E-state index in [0.29, 0.717) is 6.61 Å². The van der Waals surface area contributed by atoms with Crippen molar-refractivity contribution in [3.8, 4) is 5.75 Å². The van der Waals surface area contributed by atoms with Crippen molar-refractivity contribution in [1.29, 1.82) is 0 Å². The first-order valence-corrected chi connectivity index (χ1v) is 6.73. The van der Waals surface area contributed by atoms with E-state index in [2.05, 4.69) is 10.1 Å². The van der Waals surface area contributed by atoms with Crippen molar-refractivity contribution in [3.05, 3.63) is 29.6 Å². The zero-order chi connectivity index (χ0) is 15.5. The molecule has 1 aromatic carbocycles. The molecule has 0 aliphatic carbocycles. The Hall–Kier alpha value is -1.34. The summed E-state index contributed by atoms with van der Waals surface area (Å²) in [5.74, 6) is -1.22. The van der Waals surface area contributed by atoms with Gasteiger partial charge in [-0.15, -0.1) is 13.2 Å². The SMILES string of the molecule is C[C@H]1C[C@H](NCc2c(F)cccc2OC(F)(F)F)CCO1. The molecule has 0 spiro atoms. The van der Waals surface area contributed by atoms with Crippen LogP contribution in [0.5, 0.6) is 5.75 Å². The van der Waals surface area contributed by atoms with Gasteiger partial charge in [0.25, 0.3) is 0 Å². The van der Waals surface area contributed by atoms with Crippen LogP contribution >= 0.6 is 0 Å². The molecule has 118 valence electrons. The Morgan fingerprint density at radius 3 is 2.81 bits per heavy atom. The first kappa shape index (κ1) is 16.0. The molecule has 1 N–H and O–H groups in total. The van der Waals surface area contributed by atoms with Gasteiger partial charge in [0.2, 0.25) is 0 Å². The molecule has 1 fully saturated rings. The summed E-state index contributed by atoms with van der Waals surface area (Å²) in [4.78, 5) is 0. The molecule has 2 rings (SSSR count). The highest BCUT2D eigenvalue weighted by Gasteiger charge is 2.32. The van der Waals surface area contributed by atoms with E-state index in [1.54, 1.807) is 0 Å². The van der Waals surface area contributed by atoms with Crippen LogP contribution in [0.2, 0.25) is 0 Å². The normalized spacial score (nSPS) is 23.1. The van der Waals surface area contributed by atoms with Crippen LogP contribution < -0.4 is 10.1 Å². The first-order valence-electron chi connectivity index (χ1n) is 6.73. The minimum Gasteiger partial charge on any atom is -0.405 e. The first-order chi connectivity index (χ1) is 9.85. The lowest BCUT2D eigenvalue weighted by molar-refractivity contribution is -0.275. The van der Waals surface area contributed by atoms with Crippen molar-refractivity contribution >= 4 is 0 Å². The quantitative estimate of drug-likeness (QED) is 0.865. The molecule has 1 saturated heterocycles. The van der Waals surface area contributed by atoms with Gasteiger partial charge < -0.3 is 14.8 Å². The van der Waals surface area contributed by atoms with Crippen molar-refractivity contribution < 1.29 is 27.0 Å². The van der Waals surface area contributed by atoms with E-state index in [1.165, 1.54) is 6.07 Å². The van der Waals surface area contributed by atoms with Gasteiger partial charge in [-0.1, -0.05) is 6.07 Å². The monoisotopic (exact) mass is 307 g/mol. The maximum atomic E-state index is 13.7. The average molecular weight is 307 g/mol. The Bertz CT molecular complexity index is 479. The summed E-state index contributed by atoms with van der Waals surface area (Å²) < 4.78 is 60.0. The maximum Gasteiger partial charge on any atom is 0.573 e. The van der Waals surface area contributed by atoms with Crippen molar-refractivity contribution in [3.63, 3.8) is 0 Å². The predicted octanol–water partition coefficient (Wildman–Crippen LogP) is 3.38. The van der Waals surface area contributed by atoms with Gasteiger partial charge in [-0.3, -0.25) is 0 Å². The van der Waals surface area contributed by atoms with Crippen LogP contribution in [0.1, 0.15) is 25.3 Å². The number of hydrogen-bond acceptors (Lipinski definition) is 3. The van der Waals surface area contributed by atoms with E-state index in [-0.39, 0.29) is 24.3 Å². The summed E-state index contributed by atoms with van der Waals surface area (Å²) >= 11 is 0. The summed E-state index contributed by atoms with van der Waals surface area (Å²) in [5, 5.41) is 3.07. The fourth-order valence-corrected chi connectivity index (χ4v) is 2.36. The summed E-state index contributed by atoms with van der Waals surface area (Å²) in [5.41, 5.74) is -0.117. The number of alkyl halides is 3. The molecule has 1 aliphatic rings. The number of hydrogen-bond donors (Lipinski definition) is 1. The summed E-state index contributed by atoms with van der Waals surface area (Å²) in [7, 11) is 0. The molecule has 0 saturated carbocycles. The van der Waals surface area contributed by atoms with Gasteiger partial charge in [0.1, 0.15) is 11.6 Å². The van der Waals surface area contributed by atoms with E-state index in [9.17, 15) is 17.6 Å². The third kappa shape index (κ3) is 4.86. The number of benzene rings is 1. The number of ether oxygens (including phenoxy) is 2. The van der Waals surface area contributed by atoms with Crippen molar-refractivity contribution in [2.24, 2.45) is 0 Å². The number of nitrogens with one attached hydrogen (secondary N) is 1. The van der Waals surface area contributed by atoms with Crippen LogP contribution in [0, 0.1) is 5.82 Å². The molecule has 1 aliphatic heterocycles. The predicted molar refractivity (Wildman–Crippen MR) is 68.4 cm³/mol. The van der Waals surface area contributed by atoms with Crippen LogP contribution in [-0.2, 0) is 11.3 Å². The van der Waals surface area contributed by atoms with Crippen molar-refractivity contribution in [2.75, 3.05) is 6.61 Å². The fraction of sp³-hybridized carbons (Fsp3) is 0.571. The number of rotatable bonds is 4. The Labute approximate surface area is 120 Å². The largest absolute Gasteiger partial charge is 0.573 e. The Kier molecular flexibility index (Phi) is 5.05. The molecule has 0 bridgehead atoms. The Morgan fingerprint density at radius 2 is 2.14 bits per heavy atom. The van der Waals surface area contributed by atoms with Gasteiger partial charge in [0, 0.05) is 24.8 Å². The van der Waals surface area contributed by atoms with E-state index >= 15 is 0 Å². The Balaban J connectivity index is 2.04. The van der Waals surface area contributed by atoms with Gasteiger partial charge in [0.05, 0.1) is 6.10 Å². The van der Waals surface area contributed by atoms with Crippen LogP contribution in [0.15, 0.2) is 18.2 Å². The highest BCUT2D eigenvalue weighted by Crippen LogP contribution is 2.28. The lowest BCUT2D eigenvalue weighted by Crippen LogP contribution is -2.37. The van der Waals surface area contributed by atoms with Crippen molar-refractivity contribution in [2.45, 2.75) is 44.8 Å². The van der Waals surface area contributed by atoms with Gasteiger partial charge in [-0.2, -0.15) is 0 Å². The van der Waals surface area contributed by atoms with Gasteiger partial charge >= 0.3 is 6.36 Å². The molecule has 0 radical (unpaired) electrons. The van der Waals surface area contributed by atoms with Crippen molar-refractivity contribution in [1.82, 2.24) is 5.32 Å². The summed E-state index contributed by atoms with van der Waals surface area (Å²) in [6.07, 6.45) is -3.27. The van der Waals surface area contributed by atoms with E-state index in [1.807, 2.05) is 6.92 Å². The summed E-state index contributed by atoms with van der Waals surface area (Å²) in [6.45, 7) is 2.49. The highest BCUT2D eigenvalue weighted by atomic mass is 19.4. The molecule has 1 aromatic rings. The van der Waals surface area contributed by atoms with Crippen LogP contribution in [0.25, 0.3) is 0 Å². The van der Waals surface area contributed by atoms with E-state index in [4.69, 9.17) is 4.74 Å². The standard InChI is InChI=1S/C14H17F4NO2/c1-9-7-10(5-6-20-9)19-8-11-12(15)3-2-4-13(11)21-14(16,17)18/h2-4,9-10,19H,5-8H2,1H3/t9-,10+/m0/s1. The van der Waals surface area contributed by atoms with Crippen LogP contribution in [0.4, 0.5) is 17.6 Å². The third-order valence-corrected chi connectivity index (χ3v) is 3.35. The van der Waals surface area contributed by atoms with Gasteiger partial charge in [-0.25, -0.2) is 4.39 Å². The summed E-state index contributed by atoms with van der Waals surface area (Å²) in [6, 6.07) is 3.51. The second kappa shape index (κ2) is 6.62. The Morgan fingerprint density at radius 1 is 1.38 bits per heavy atom. The molecular weight excluding hydrogens is 290 g/mol. The molecule has 0 amide bonds. The maximum absolute atomic E-state index is 13.7. The lowest BCUT2D eigenvalue weighted by atomic mass is 10.0. The number of halogens is 4. The minimum absolute atomic E-state index is 0.0184. The van der Waals surface area contributed by atoms with Crippen LogP contribution in [-0.4, -0.2) is 25.1 Å². The molecule has 3 nitrogen and oxygen atoms in total. The third-order valence-electron chi connectivity index (χ3n) is 3.35. The van der Waals surface area contributed by atoms with Gasteiger partial charge in [-0.05, 0) is 31.9 Å². The molecule has 1 heterocycles. The molecule has 21 heavy (non-hydrogen) atoms. The molecule has 0 unspecified atom stereocenters. The topological polar surface area (TPSA) is 30.5 Å². The smallest absolute Gasteiger partial charge is 0.405 e. The molecule has 7 heteroatoms. The fourth-order valence-electron chi connectivity index (χ4n) is 2.36. The molecular formula is C14H17F4NO2. The van der Waals surface area contributed by atoms with E-state index in [0.717, 1.165) is 25.0 Å². The van der Waals surface area contributed by atoms with Crippen LogP contribution in [0.3, 0.4) is 0 Å². The zero-order valence-electron chi connectivity index (χ0n) is 11.5. The minimum atomic E-state index is -4.84. The van der Waals surface area contributed by atoms with Gasteiger partial charge in [0.15, 0.2) is 0 Å². The lowest BCUT2D eigenvalue weighted by Gasteiger charge is -2.28. The second-order valence-electron chi connectivity index (χ2n) is 5.05. The average Bonchev–Trinajstić information content (AvgIpc) is 2.36. The van der Waals surface area contributed by atoms with E-state index < -0.39 is 17.9 Å². The molecule has 0 aromatic heterocycles. The zero-order valence-corrected chi connectivity index (χ0v) is 11.5.